The van der Waals surface area contributed by atoms with E-state index >= 15 is 0 Å². The number of aromatic nitrogens is 1. The zero-order valence-electron chi connectivity index (χ0n) is 8.82. The van der Waals surface area contributed by atoms with Gasteiger partial charge in [0.05, 0.1) is 11.3 Å². The number of benzene rings is 1. The molecule has 0 saturated carbocycles. The van der Waals surface area contributed by atoms with Gasteiger partial charge in [-0.15, -0.1) is 0 Å². The summed E-state index contributed by atoms with van der Waals surface area (Å²) in [5.74, 6) is -5.48. The normalized spacial score (nSPS) is 10.4. The molecule has 6 heteroatoms. The predicted octanol–water partition coefficient (Wildman–Crippen LogP) is 2.86. The lowest BCUT2D eigenvalue weighted by atomic mass is 10.1. The highest BCUT2D eigenvalue weighted by Crippen LogP contribution is 2.22. The number of nitrogens with zero attached hydrogens (tertiary/aromatic N) is 1. The molecular weight excluding hydrogens is 247 g/mol. The first-order valence-electron chi connectivity index (χ1n) is 4.83. The molecule has 0 radical (unpaired) electrons. The Balaban J connectivity index is 2.55. The summed E-state index contributed by atoms with van der Waals surface area (Å²) in [6.07, 6.45) is 1.19. The molecule has 2 rings (SSSR count). The Hall–Kier alpha value is -2.37. The topological polar surface area (TPSA) is 50.2 Å². The fourth-order valence-electron chi connectivity index (χ4n) is 1.42. The van der Waals surface area contributed by atoms with Gasteiger partial charge >= 0.3 is 5.97 Å². The SMILES string of the molecule is O=C(O)c1ccnc(-c2cc(F)c(F)c(F)c2)c1. The maximum atomic E-state index is 13.0. The standard InChI is InChI=1S/C12H6F3NO2/c13-8-3-7(4-9(14)11(8)15)10-5-6(12(17)18)1-2-16-10/h1-5H,(H,17,18). The van der Waals surface area contributed by atoms with Gasteiger partial charge in [-0.2, -0.15) is 0 Å². The van der Waals surface area contributed by atoms with Gasteiger partial charge in [0.25, 0.3) is 0 Å². The fraction of sp³-hybridized carbons (Fsp3) is 0. The molecule has 1 heterocycles. The maximum Gasteiger partial charge on any atom is 0.335 e. The molecule has 0 aliphatic carbocycles. The number of carbonyl (C=O) groups is 1. The number of halogens is 3. The van der Waals surface area contributed by atoms with Crippen molar-refractivity contribution in [3.05, 3.63) is 53.5 Å². The Kier molecular flexibility index (Phi) is 3.01. The number of aromatic carboxylic acids is 1. The smallest absolute Gasteiger partial charge is 0.335 e. The van der Waals surface area contributed by atoms with Crippen LogP contribution >= 0.6 is 0 Å². The van der Waals surface area contributed by atoms with Crippen LogP contribution in [-0.4, -0.2) is 16.1 Å². The minimum Gasteiger partial charge on any atom is -0.478 e. The largest absolute Gasteiger partial charge is 0.478 e. The van der Waals surface area contributed by atoms with E-state index in [1.165, 1.54) is 12.3 Å². The van der Waals surface area contributed by atoms with Crippen molar-refractivity contribution in [1.82, 2.24) is 4.98 Å². The van der Waals surface area contributed by atoms with Gasteiger partial charge in [-0.05, 0) is 24.3 Å². The highest BCUT2D eigenvalue weighted by Gasteiger charge is 2.13. The third-order valence-electron chi connectivity index (χ3n) is 2.29. The second-order valence-electron chi connectivity index (χ2n) is 3.49. The van der Waals surface area contributed by atoms with Crippen molar-refractivity contribution in [2.45, 2.75) is 0 Å². The monoisotopic (exact) mass is 253 g/mol. The van der Waals surface area contributed by atoms with E-state index in [-0.39, 0.29) is 16.8 Å². The first-order chi connectivity index (χ1) is 8.49. The Morgan fingerprint density at radius 2 is 1.72 bits per heavy atom. The number of pyridine rings is 1. The van der Waals surface area contributed by atoms with Crippen molar-refractivity contribution < 1.29 is 23.1 Å². The second kappa shape index (κ2) is 4.48. The van der Waals surface area contributed by atoms with Crippen LogP contribution in [0.1, 0.15) is 10.4 Å². The lowest BCUT2D eigenvalue weighted by molar-refractivity contribution is 0.0697. The number of carboxylic acid groups (broad SMARTS) is 1. The molecule has 1 aromatic carbocycles. The van der Waals surface area contributed by atoms with Crippen molar-refractivity contribution in [2.24, 2.45) is 0 Å². The predicted molar refractivity (Wildman–Crippen MR) is 56.5 cm³/mol. The van der Waals surface area contributed by atoms with Gasteiger partial charge in [0.1, 0.15) is 0 Å². The zero-order chi connectivity index (χ0) is 13.3. The van der Waals surface area contributed by atoms with Gasteiger partial charge in [0.2, 0.25) is 0 Å². The quantitative estimate of drug-likeness (QED) is 0.837. The van der Waals surface area contributed by atoms with E-state index in [4.69, 9.17) is 5.11 Å². The first kappa shape index (κ1) is 12.1. The van der Waals surface area contributed by atoms with Crippen LogP contribution in [0.15, 0.2) is 30.5 Å². The van der Waals surface area contributed by atoms with Crippen LogP contribution in [-0.2, 0) is 0 Å². The third kappa shape index (κ3) is 2.17. The van der Waals surface area contributed by atoms with Crippen LogP contribution in [0.4, 0.5) is 13.2 Å². The van der Waals surface area contributed by atoms with E-state index in [0.717, 1.165) is 18.2 Å². The summed E-state index contributed by atoms with van der Waals surface area (Å²) in [6, 6.07) is 3.90. The van der Waals surface area contributed by atoms with E-state index in [2.05, 4.69) is 4.98 Å². The molecule has 2 aromatic rings. The van der Waals surface area contributed by atoms with Gasteiger partial charge in [0.15, 0.2) is 17.5 Å². The summed E-state index contributed by atoms with van der Waals surface area (Å²) in [4.78, 5) is 14.5. The molecule has 0 unspecified atom stereocenters. The molecule has 3 nitrogen and oxygen atoms in total. The van der Waals surface area contributed by atoms with Gasteiger partial charge in [-0.1, -0.05) is 0 Å². The highest BCUT2D eigenvalue weighted by atomic mass is 19.2. The molecule has 0 amide bonds. The number of hydrogen-bond acceptors (Lipinski definition) is 2. The highest BCUT2D eigenvalue weighted by molar-refractivity contribution is 5.88. The second-order valence-corrected chi connectivity index (χ2v) is 3.49. The van der Waals surface area contributed by atoms with Crippen molar-refractivity contribution in [1.29, 1.82) is 0 Å². The van der Waals surface area contributed by atoms with E-state index < -0.39 is 23.4 Å². The summed E-state index contributed by atoms with van der Waals surface area (Å²) in [5.41, 5.74) is -0.0626. The van der Waals surface area contributed by atoms with E-state index in [9.17, 15) is 18.0 Å². The van der Waals surface area contributed by atoms with Crippen LogP contribution in [0.25, 0.3) is 11.3 Å². The van der Waals surface area contributed by atoms with E-state index in [0.29, 0.717) is 0 Å². The minimum atomic E-state index is -1.58. The molecule has 0 spiro atoms. The van der Waals surface area contributed by atoms with Crippen molar-refractivity contribution in [3.63, 3.8) is 0 Å². The molecule has 18 heavy (non-hydrogen) atoms. The van der Waals surface area contributed by atoms with Crippen LogP contribution < -0.4 is 0 Å². The summed E-state index contributed by atoms with van der Waals surface area (Å²) in [7, 11) is 0. The summed E-state index contributed by atoms with van der Waals surface area (Å²) < 4.78 is 38.8. The Labute approximate surface area is 99.5 Å². The maximum absolute atomic E-state index is 13.0. The molecule has 0 fully saturated rings. The zero-order valence-corrected chi connectivity index (χ0v) is 8.82. The average molecular weight is 253 g/mol. The summed E-state index contributed by atoms with van der Waals surface area (Å²) >= 11 is 0. The van der Waals surface area contributed by atoms with Crippen molar-refractivity contribution in [3.8, 4) is 11.3 Å². The molecule has 0 aliphatic rings. The number of hydrogen-bond donors (Lipinski definition) is 1. The van der Waals surface area contributed by atoms with Crippen LogP contribution in [0, 0.1) is 17.5 Å². The van der Waals surface area contributed by atoms with Crippen LogP contribution in [0.5, 0.6) is 0 Å². The Morgan fingerprint density at radius 3 is 2.28 bits per heavy atom. The molecule has 1 aromatic heterocycles. The van der Waals surface area contributed by atoms with Gasteiger partial charge < -0.3 is 5.11 Å². The lowest BCUT2D eigenvalue weighted by Crippen LogP contribution is -1.98. The average Bonchev–Trinajstić information content (AvgIpc) is 2.35. The van der Waals surface area contributed by atoms with Crippen LogP contribution in [0.2, 0.25) is 0 Å². The van der Waals surface area contributed by atoms with Crippen LogP contribution in [0.3, 0.4) is 0 Å². The Morgan fingerprint density at radius 1 is 1.11 bits per heavy atom. The molecule has 0 atom stereocenters. The molecule has 0 bridgehead atoms. The van der Waals surface area contributed by atoms with Crippen molar-refractivity contribution >= 4 is 5.97 Å². The van der Waals surface area contributed by atoms with E-state index in [1.807, 2.05) is 0 Å². The number of rotatable bonds is 2. The van der Waals surface area contributed by atoms with E-state index in [1.54, 1.807) is 0 Å². The fourth-order valence-corrected chi connectivity index (χ4v) is 1.42. The van der Waals surface area contributed by atoms with Crippen molar-refractivity contribution in [2.75, 3.05) is 0 Å². The minimum absolute atomic E-state index is 0.0329. The lowest BCUT2D eigenvalue weighted by Gasteiger charge is -2.03. The van der Waals surface area contributed by atoms with Gasteiger partial charge in [-0.25, -0.2) is 18.0 Å². The Bertz CT molecular complexity index is 605. The molecule has 0 saturated heterocycles. The molecule has 1 N–H and O–H groups in total. The number of carboxylic acids is 1. The first-order valence-corrected chi connectivity index (χ1v) is 4.83. The third-order valence-corrected chi connectivity index (χ3v) is 2.29. The van der Waals surface area contributed by atoms with Gasteiger partial charge in [0, 0.05) is 11.8 Å². The molecule has 0 aliphatic heterocycles. The molecule has 92 valence electrons. The summed E-state index contributed by atoms with van der Waals surface area (Å²) in [6.45, 7) is 0. The summed E-state index contributed by atoms with van der Waals surface area (Å²) in [5, 5.41) is 8.77. The molecular formula is C12H6F3NO2. The van der Waals surface area contributed by atoms with Gasteiger partial charge in [-0.3, -0.25) is 4.98 Å².